The smallest absolute Gasteiger partial charge is 0.307 e. The molecule has 0 spiro atoms. The molecule has 12 heteroatoms. The highest BCUT2D eigenvalue weighted by Crippen LogP contribution is 2.51. The van der Waals surface area contributed by atoms with E-state index in [1.54, 1.807) is 0 Å². The number of hydrogen-bond donors (Lipinski definition) is 2. The van der Waals surface area contributed by atoms with E-state index in [4.69, 9.17) is 9.47 Å². The first kappa shape index (κ1) is 38.4. The molecule has 12 nitrogen and oxygen atoms in total. The number of hydrogen-bond acceptors (Lipinski definition) is 8. The Morgan fingerprint density at radius 3 is 1.58 bits per heavy atom. The number of imidazole rings is 1. The van der Waals surface area contributed by atoms with E-state index in [0.29, 0.717) is 31.9 Å². The Labute approximate surface area is 338 Å². The highest BCUT2D eigenvalue weighted by molar-refractivity contribution is 6.23. The maximum atomic E-state index is 12.0. The number of rotatable bonds is 17. The summed E-state index contributed by atoms with van der Waals surface area (Å²) in [5, 5.41) is 27.7. The summed E-state index contributed by atoms with van der Waals surface area (Å²) in [7, 11) is 0. The molecule has 1 aromatic heterocycles. The van der Waals surface area contributed by atoms with Crippen molar-refractivity contribution >= 4 is 96.5 Å². The van der Waals surface area contributed by atoms with Crippen molar-refractivity contribution in [3.05, 3.63) is 133 Å². The largest absolute Gasteiger partial charge is 0.481 e. The number of aliphatic carboxylic acids is 2. The first-order valence-electron chi connectivity index (χ1n) is 19.4. The van der Waals surface area contributed by atoms with Gasteiger partial charge in [-0.2, -0.15) is 0 Å². The number of anilines is 2. The second kappa shape index (κ2) is 16.9. The van der Waals surface area contributed by atoms with Crippen molar-refractivity contribution < 1.29 is 43.4 Å². The monoisotopic (exact) mass is 789 g/mol. The van der Waals surface area contributed by atoms with Gasteiger partial charge >= 0.3 is 11.9 Å². The highest BCUT2D eigenvalue weighted by Gasteiger charge is 2.35. The third-order valence-electron chi connectivity index (χ3n) is 10.8. The standard InChI is InChI=1S/C47H40N4O8/c52-30-58-28-26-50-41(51(27-29-59-31-53)47-39-19-11-7-15-35(39)34-14-6-10-18-38(34)46(47)50)21-3-1-2-20-40-48(24-22-42(54)55)44-36-16-8-4-12-32(36)33-13-5-9-17-37(33)45(44)49(40)25-23-43(56)57/h1-21,30-31H,22-29H2,(H-,54,55,56,57)/p+1. The van der Waals surface area contributed by atoms with Crippen LogP contribution in [0.2, 0.25) is 0 Å². The summed E-state index contributed by atoms with van der Waals surface area (Å²) in [4.78, 5) is 50.8. The summed E-state index contributed by atoms with van der Waals surface area (Å²) in [6.45, 7) is 2.16. The molecule has 0 amide bonds. The van der Waals surface area contributed by atoms with Crippen LogP contribution in [0.5, 0.6) is 0 Å². The number of aromatic nitrogens is 2. The van der Waals surface area contributed by atoms with Crippen molar-refractivity contribution in [2.75, 3.05) is 36.1 Å². The molecule has 296 valence electrons. The van der Waals surface area contributed by atoms with Crippen LogP contribution in [0, 0.1) is 0 Å². The molecule has 0 fully saturated rings. The van der Waals surface area contributed by atoms with Crippen LogP contribution in [0.4, 0.5) is 11.4 Å². The number of carbonyl (C=O) groups is 4. The SMILES string of the molecule is O=COCCN1C(=CC=CC=Cc2n(CCC(=O)O)c3c4ccccc4c4ccccc4c3[n+]2CCC(=O)O)N(CCOC=O)c2c1c1ccccc1c1ccccc21. The quantitative estimate of drug-likeness (QED) is 0.0312. The van der Waals surface area contributed by atoms with Crippen LogP contribution < -0.4 is 14.4 Å². The lowest BCUT2D eigenvalue weighted by Gasteiger charge is -2.25. The minimum absolute atomic E-state index is 0.129. The predicted octanol–water partition coefficient (Wildman–Crippen LogP) is 7.57. The van der Waals surface area contributed by atoms with Gasteiger partial charge in [-0.15, -0.1) is 0 Å². The molecule has 1 aliphatic rings. The normalized spacial score (nSPS) is 12.8. The third-order valence-corrected chi connectivity index (χ3v) is 10.8. The summed E-state index contributed by atoms with van der Waals surface area (Å²) in [6.07, 6.45) is 9.18. The van der Waals surface area contributed by atoms with E-state index in [0.717, 1.165) is 71.3 Å². The zero-order chi connectivity index (χ0) is 40.9. The minimum atomic E-state index is -0.945. The zero-order valence-electron chi connectivity index (χ0n) is 32.1. The topological polar surface area (TPSA) is 142 Å². The van der Waals surface area contributed by atoms with Gasteiger partial charge in [-0.3, -0.25) is 19.2 Å². The van der Waals surface area contributed by atoms with Crippen LogP contribution in [-0.4, -0.2) is 66.0 Å². The Morgan fingerprint density at radius 1 is 0.576 bits per heavy atom. The minimum Gasteiger partial charge on any atom is -0.481 e. The number of carboxylic acid groups (broad SMARTS) is 2. The molecule has 0 aliphatic carbocycles. The van der Waals surface area contributed by atoms with Crippen LogP contribution in [0.25, 0.3) is 60.2 Å². The third kappa shape index (κ3) is 7.20. The molecular weight excluding hydrogens is 749 g/mol. The van der Waals surface area contributed by atoms with Crippen LogP contribution in [0.3, 0.4) is 0 Å². The lowest BCUT2D eigenvalue weighted by Crippen LogP contribution is -2.38. The number of carboxylic acids is 2. The molecule has 0 unspecified atom stereocenters. The van der Waals surface area contributed by atoms with Crippen LogP contribution in [0.15, 0.2) is 127 Å². The van der Waals surface area contributed by atoms with Crippen LogP contribution >= 0.6 is 0 Å². The first-order valence-corrected chi connectivity index (χ1v) is 19.4. The highest BCUT2D eigenvalue weighted by atomic mass is 16.5. The van der Waals surface area contributed by atoms with Crippen molar-refractivity contribution in [1.82, 2.24) is 4.57 Å². The fourth-order valence-corrected chi connectivity index (χ4v) is 8.46. The average molecular weight is 790 g/mol. The van der Waals surface area contributed by atoms with Crippen molar-refractivity contribution in [3.8, 4) is 0 Å². The summed E-state index contributed by atoms with van der Waals surface area (Å²) in [5.41, 5.74) is 3.55. The Balaban J connectivity index is 1.28. The van der Waals surface area contributed by atoms with Gasteiger partial charge in [0, 0.05) is 27.6 Å². The fourth-order valence-electron chi connectivity index (χ4n) is 8.46. The molecule has 1 aliphatic heterocycles. The van der Waals surface area contributed by atoms with Crippen molar-refractivity contribution in [1.29, 1.82) is 0 Å². The molecule has 7 aromatic rings. The van der Waals surface area contributed by atoms with Gasteiger partial charge in [-0.25, -0.2) is 9.13 Å². The number of fused-ring (bicyclic) bond motifs is 12. The summed E-state index contributed by atoms with van der Waals surface area (Å²) in [6, 6.07) is 32.3. The van der Waals surface area contributed by atoms with Gasteiger partial charge in [0.2, 0.25) is 0 Å². The second-order valence-corrected chi connectivity index (χ2v) is 14.0. The molecule has 8 rings (SSSR count). The maximum absolute atomic E-state index is 12.0. The molecule has 0 atom stereocenters. The number of nitrogens with zero attached hydrogens (tertiary/aromatic N) is 4. The fraction of sp³-hybridized carbons (Fsp3) is 0.170. The molecule has 2 heterocycles. The number of carbonyl (C=O) groups excluding carboxylic acids is 2. The number of benzene rings is 6. The van der Waals surface area contributed by atoms with Gasteiger partial charge in [0.25, 0.3) is 18.8 Å². The predicted molar refractivity (Wildman–Crippen MR) is 228 cm³/mol. The van der Waals surface area contributed by atoms with Crippen LogP contribution in [0.1, 0.15) is 18.7 Å². The van der Waals surface area contributed by atoms with Crippen LogP contribution in [-0.2, 0) is 41.7 Å². The molecule has 0 saturated heterocycles. The summed E-state index contributed by atoms with van der Waals surface area (Å²) < 4.78 is 14.4. The lowest BCUT2D eigenvalue weighted by molar-refractivity contribution is -0.672. The van der Waals surface area contributed by atoms with E-state index < -0.39 is 11.9 Å². The summed E-state index contributed by atoms with van der Waals surface area (Å²) in [5.74, 6) is -0.451. The number of allylic oxidation sites excluding steroid dienone is 4. The Hall–Kier alpha value is -7.47. The second-order valence-electron chi connectivity index (χ2n) is 14.0. The van der Waals surface area contributed by atoms with Crippen molar-refractivity contribution in [3.63, 3.8) is 0 Å². The lowest BCUT2D eigenvalue weighted by atomic mass is 9.98. The Bertz CT molecular complexity index is 2700. The maximum Gasteiger partial charge on any atom is 0.307 e. The first-order chi connectivity index (χ1) is 28.9. The molecule has 59 heavy (non-hydrogen) atoms. The van der Waals surface area contributed by atoms with Gasteiger partial charge in [0.05, 0.1) is 37.3 Å². The van der Waals surface area contributed by atoms with Crippen molar-refractivity contribution in [2.24, 2.45) is 0 Å². The molecule has 6 aromatic carbocycles. The average Bonchev–Trinajstić information content (AvgIpc) is 3.74. The molecule has 2 N–H and O–H groups in total. The van der Waals surface area contributed by atoms with Gasteiger partial charge in [-0.05, 0) is 39.8 Å². The van der Waals surface area contributed by atoms with Gasteiger partial charge in [0.15, 0.2) is 11.0 Å². The van der Waals surface area contributed by atoms with Gasteiger partial charge in [-0.1, -0.05) is 103 Å². The van der Waals surface area contributed by atoms with Gasteiger partial charge < -0.3 is 29.5 Å². The van der Waals surface area contributed by atoms with Gasteiger partial charge in [0.1, 0.15) is 32.1 Å². The molecular formula is C47H41N4O8+. The molecule has 0 bridgehead atoms. The Morgan fingerprint density at radius 2 is 1.05 bits per heavy atom. The van der Waals surface area contributed by atoms with E-state index in [2.05, 4.69) is 46.2 Å². The van der Waals surface area contributed by atoms with E-state index >= 15 is 0 Å². The number of ether oxygens (including phenoxy) is 2. The molecule has 0 saturated carbocycles. The molecule has 0 radical (unpaired) electrons. The Kier molecular flexibility index (Phi) is 11.0. The zero-order valence-corrected chi connectivity index (χ0v) is 32.1. The van der Waals surface area contributed by atoms with Crippen molar-refractivity contribution in [2.45, 2.75) is 25.9 Å². The van der Waals surface area contributed by atoms with E-state index in [1.807, 2.05) is 100 Å². The van der Waals surface area contributed by atoms with E-state index in [1.165, 1.54) is 0 Å². The van der Waals surface area contributed by atoms with E-state index in [9.17, 15) is 29.4 Å². The number of aryl methyl sites for hydroxylation is 2. The van der Waals surface area contributed by atoms with E-state index in [-0.39, 0.29) is 39.1 Å². The summed E-state index contributed by atoms with van der Waals surface area (Å²) >= 11 is 0.